The highest BCUT2D eigenvalue weighted by Crippen LogP contribution is 2.11. The summed E-state index contributed by atoms with van der Waals surface area (Å²) in [5.41, 5.74) is 2.84. The predicted octanol–water partition coefficient (Wildman–Crippen LogP) is 3.07. The van der Waals surface area contributed by atoms with Gasteiger partial charge in [-0.3, -0.25) is 4.98 Å². The zero-order valence-corrected chi connectivity index (χ0v) is 9.92. The second kappa shape index (κ2) is 6.43. The van der Waals surface area contributed by atoms with E-state index >= 15 is 0 Å². The van der Waals surface area contributed by atoms with E-state index in [1.807, 2.05) is 31.2 Å². The monoisotopic (exact) mass is 229 g/mol. The molecule has 0 amide bonds. The van der Waals surface area contributed by atoms with E-state index in [4.69, 9.17) is 5.11 Å². The number of carboxylic acids is 1. The summed E-state index contributed by atoms with van der Waals surface area (Å²) in [5, 5.41) is 8.54. The van der Waals surface area contributed by atoms with Crippen LogP contribution < -0.4 is 0 Å². The number of allylic oxidation sites excluding steroid dienone is 5. The van der Waals surface area contributed by atoms with Crippen molar-refractivity contribution < 1.29 is 9.90 Å². The summed E-state index contributed by atoms with van der Waals surface area (Å²) in [7, 11) is 0. The van der Waals surface area contributed by atoms with Gasteiger partial charge in [0.25, 0.3) is 0 Å². The molecule has 0 radical (unpaired) electrons. The number of carboxylic acid groups (broad SMARTS) is 1. The summed E-state index contributed by atoms with van der Waals surface area (Å²) in [5.74, 6) is -0.930. The van der Waals surface area contributed by atoms with Crippen molar-refractivity contribution in [2.24, 2.45) is 0 Å². The highest BCUT2D eigenvalue weighted by molar-refractivity contribution is 5.81. The molecule has 1 aromatic rings. The smallest absolute Gasteiger partial charge is 0.328 e. The van der Waals surface area contributed by atoms with Gasteiger partial charge in [0.05, 0.1) is 0 Å². The van der Waals surface area contributed by atoms with E-state index < -0.39 is 5.97 Å². The van der Waals surface area contributed by atoms with Crippen LogP contribution in [0.2, 0.25) is 0 Å². The largest absolute Gasteiger partial charge is 0.478 e. The van der Waals surface area contributed by atoms with Crippen molar-refractivity contribution in [3.8, 4) is 0 Å². The third kappa shape index (κ3) is 4.93. The van der Waals surface area contributed by atoms with Gasteiger partial charge in [-0.05, 0) is 36.6 Å². The summed E-state index contributed by atoms with van der Waals surface area (Å²) in [6.45, 7) is 3.73. The number of hydrogen-bond donors (Lipinski definition) is 1. The van der Waals surface area contributed by atoms with Gasteiger partial charge in [-0.15, -0.1) is 0 Å². The fourth-order valence-corrected chi connectivity index (χ4v) is 1.28. The third-order valence-corrected chi connectivity index (χ3v) is 2.17. The topological polar surface area (TPSA) is 50.2 Å². The molecule has 0 aliphatic carbocycles. The summed E-state index contributed by atoms with van der Waals surface area (Å²) in [6, 6.07) is 3.86. The molecule has 0 aliphatic rings. The van der Waals surface area contributed by atoms with Gasteiger partial charge in [0.1, 0.15) is 0 Å². The first-order chi connectivity index (χ1) is 8.09. The Labute approximate surface area is 101 Å². The molecule has 0 fully saturated rings. The molecule has 3 nitrogen and oxygen atoms in total. The molecular formula is C14H15NO2. The molecule has 1 aromatic heterocycles. The summed E-state index contributed by atoms with van der Waals surface area (Å²) >= 11 is 0. The van der Waals surface area contributed by atoms with Crippen LogP contribution in [0.1, 0.15) is 19.4 Å². The summed E-state index contributed by atoms with van der Waals surface area (Å²) < 4.78 is 0. The van der Waals surface area contributed by atoms with Gasteiger partial charge < -0.3 is 5.11 Å². The molecule has 0 bridgehead atoms. The molecule has 0 saturated carbocycles. The average Bonchev–Trinajstić information content (AvgIpc) is 2.29. The van der Waals surface area contributed by atoms with Crippen molar-refractivity contribution in [1.82, 2.24) is 4.98 Å². The lowest BCUT2D eigenvalue weighted by Crippen LogP contribution is -1.87. The maximum atomic E-state index is 10.4. The maximum Gasteiger partial charge on any atom is 0.328 e. The maximum absolute atomic E-state index is 10.4. The first-order valence-electron chi connectivity index (χ1n) is 5.26. The molecule has 1 N–H and O–H groups in total. The van der Waals surface area contributed by atoms with Crippen LogP contribution in [-0.4, -0.2) is 16.1 Å². The Bertz CT molecular complexity index is 470. The molecule has 3 heteroatoms. The summed E-state index contributed by atoms with van der Waals surface area (Å²) in [4.78, 5) is 14.4. The number of nitrogens with zero attached hydrogens (tertiary/aromatic N) is 1. The van der Waals surface area contributed by atoms with E-state index in [0.29, 0.717) is 5.57 Å². The Kier molecular flexibility index (Phi) is 4.88. The van der Waals surface area contributed by atoms with Gasteiger partial charge in [-0.25, -0.2) is 4.79 Å². The van der Waals surface area contributed by atoms with Crippen molar-refractivity contribution in [2.45, 2.75) is 13.8 Å². The average molecular weight is 229 g/mol. The zero-order valence-electron chi connectivity index (χ0n) is 9.92. The fraction of sp³-hybridized carbons (Fsp3) is 0.143. The van der Waals surface area contributed by atoms with Crippen molar-refractivity contribution in [1.29, 1.82) is 0 Å². The molecule has 0 saturated heterocycles. The van der Waals surface area contributed by atoms with Gasteiger partial charge in [0, 0.05) is 18.5 Å². The minimum absolute atomic E-state index is 0.702. The molecule has 0 spiro atoms. The number of aliphatic carboxylic acids is 1. The second-order valence-corrected chi connectivity index (χ2v) is 3.68. The van der Waals surface area contributed by atoms with Crippen LogP contribution in [0.5, 0.6) is 0 Å². The van der Waals surface area contributed by atoms with Gasteiger partial charge in [-0.2, -0.15) is 0 Å². The molecule has 17 heavy (non-hydrogen) atoms. The van der Waals surface area contributed by atoms with E-state index in [-0.39, 0.29) is 0 Å². The van der Waals surface area contributed by atoms with Crippen molar-refractivity contribution in [2.75, 3.05) is 0 Å². The highest BCUT2D eigenvalue weighted by atomic mass is 16.4. The molecule has 0 unspecified atom stereocenters. The zero-order chi connectivity index (χ0) is 12.7. The first-order valence-corrected chi connectivity index (χ1v) is 5.26. The Balaban J connectivity index is 2.72. The molecule has 0 atom stereocenters. The first kappa shape index (κ1) is 12.9. The van der Waals surface area contributed by atoms with Crippen LogP contribution >= 0.6 is 0 Å². The predicted molar refractivity (Wildman–Crippen MR) is 68.4 cm³/mol. The van der Waals surface area contributed by atoms with Crippen LogP contribution in [0.25, 0.3) is 5.57 Å². The Morgan fingerprint density at radius 2 is 2.18 bits per heavy atom. The lowest BCUT2D eigenvalue weighted by atomic mass is 10.1. The Hall–Kier alpha value is -2.16. The van der Waals surface area contributed by atoms with Gasteiger partial charge in [-0.1, -0.05) is 24.3 Å². The molecule has 0 aliphatic heterocycles. The van der Waals surface area contributed by atoms with E-state index in [1.54, 1.807) is 25.4 Å². The molecule has 88 valence electrons. The summed E-state index contributed by atoms with van der Waals surface area (Å²) in [6.07, 6.45) is 10.2. The van der Waals surface area contributed by atoms with Crippen LogP contribution in [0, 0.1) is 0 Å². The Morgan fingerprint density at radius 1 is 1.41 bits per heavy atom. The number of carbonyl (C=O) groups is 1. The highest BCUT2D eigenvalue weighted by Gasteiger charge is 1.92. The van der Waals surface area contributed by atoms with E-state index in [2.05, 4.69) is 4.98 Å². The minimum Gasteiger partial charge on any atom is -0.478 e. The lowest BCUT2D eigenvalue weighted by Gasteiger charge is -1.97. The molecular weight excluding hydrogens is 214 g/mol. The molecule has 1 heterocycles. The Morgan fingerprint density at radius 3 is 2.76 bits per heavy atom. The van der Waals surface area contributed by atoms with Gasteiger partial charge in [0.2, 0.25) is 0 Å². The third-order valence-electron chi connectivity index (χ3n) is 2.17. The van der Waals surface area contributed by atoms with Crippen LogP contribution in [0.15, 0.2) is 54.4 Å². The molecule has 1 rings (SSSR count). The van der Waals surface area contributed by atoms with Gasteiger partial charge in [0.15, 0.2) is 0 Å². The van der Waals surface area contributed by atoms with Crippen LogP contribution in [-0.2, 0) is 4.79 Å². The number of rotatable bonds is 4. The lowest BCUT2D eigenvalue weighted by molar-refractivity contribution is -0.131. The van der Waals surface area contributed by atoms with Crippen molar-refractivity contribution >= 4 is 11.5 Å². The van der Waals surface area contributed by atoms with E-state index in [9.17, 15) is 4.79 Å². The van der Waals surface area contributed by atoms with Gasteiger partial charge >= 0.3 is 5.97 Å². The molecule has 0 aromatic carbocycles. The van der Waals surface area contributed by atoms with Crippen LogP contribution in [0.3, 0.4) is 0 Å². The second-order valence-electron chi connectivity index (χ2n) is 3.68. The van der Waals surface area contributed by atoms with E-state index in [1.165, 1.54) is 6.08 Å². The van der Waals surface area contributed by atoms with Crippen molar-refractivity contribution in [3.63, 3.8) is 0 Å². The fourth-order valence-electron chi connectivity index (χ4n) is 1.28. The van der Waals surface area contributed by atoms with Crippen molar-refractivity contribution in [3.05, 3.63) is 60.0 Å². The van der Waals surface area contributed by atoms with E-state index in [0.717, 1.165) is 11.1 Å². The number of pyridine rings is 1. The number of hydrogen-bond acceptors (Lipinski definition) is 2. The number of aromatic nitrogens is 1. The standard InChI is InChI=1S/C14H15NO2/c1-11(9-14(16)17)5-3-6-12(2)13-7-4-8-15-10-13/h3-10H,1-2H3,(H,16,17)/b5-3+,11-9+,12-6-. The SMILES string of the molecule is C/C(=C/C=C/C(C)=C/C(=O)O)c1cccnc1. The minimum atomic E-state index is -0.930. The quantitative estimate of drug-likeness (QED) is 0.637. The van der Waals surface area contributed by atoms with Crippen LogP contribution in [0.4, 0.5) is 0 Å². The normalized spacial score (nSPS) is 13.1.